The van der Waals surface area contributed by atoms with E-state index >= 15 is 0 Å². The van der Waals surface area contributed by atoms with E-state index in [1.807, 2.05) is 6.07 Å². The van der Waals surface area contributed by atoms with Gasteiger partial charge >= 0.3 is 6.09 Å². The average molecular weight is 417 g/mol. The molecule has 8 heteroatoms. The third-order valence-corrected chi connectivity index (χ3v) is 7.14. The molecule has 2 saturated heterocycles. The van der Waals surface area contributed by atoms with E-state index in [0.717, 1.165) is 63.9 Å². The minimum absolute atomic E-state index is 0.211. The molecule has 3 fully saturated rings. The fourth-order valence-corrected chi connectivity index (χ4v) is 5.43. The largest absolute Gasteiger partial charge is 0.465 e. The molecular weight excluding hydrogens is 384 g/mol. The van der Waals surface area contributed by atoms with Crippen LogP contribution in [-0.2, 0) is 4.79 Å². The number of rotatable bonds is 4. The van der Waals surface area contributed by atoms with E-state index in [1.165, 1.54) is 4.90 Å². The van der Waals surface area contributed by atoms with Crippen LogP contribution in [0.3, 0.4) is 0 Å². The number of likely N-dealkylation sites (tertiary alicyclic amines) is 1. The van der Waals surface area contributed by atoms with E-state index < -0.39 is 6.09 Å². The van der Waals surface area contributed by atoms with Crippen LogP contribution in [0.5, 0.6) is 0 Å². The second kappa shape index (κ2) is 8.41. The minimum atomic E-state index is -0.990. The number of aliphatic hydroxyl groups excluding tert-OH is 1. The Morgan fingerprint density at radius 3 is 2.63 bits per heavy atom. The second-order valence-corrected chi connectivity index (χ2v) is 8.92. The van der Waals surface area contributed by atoms with Crippen molar-refractivity contribution in [1.29, 1.82) is 0 Å². The molecule has 3 heterocycles. The Balaban J connectivity index is 1.45. The highest BCUT2D eigenvalue weighted by Gasteiger charge is 2.50. The van der Waals surface area contributed by atoms with Crippen LogP contribution in [0.1, 0.15) is 51.9 Å². The van der Waals surface area contributed by atoms with E-state index in [9.17, 15) is 19.8 Å². The summed E-state index contributed by atoms with van der Waals surface area (Å²) in [5.74, 6) is 1.07. The second-order valence-electron chi connectivity index (χ2n) is 8.92. The standard InChI is InChI=1S/C22H32N4O4/c1-2-25(21(29)30)17-6-9-19(23-14-17)24-12-3-10-22(15-24)11-13-26(20(22)28)16-4-7-18(27)8-5-16/h6,9,14,16,18,27H,2-5,7-8,10-13,15H2,1H3,(H,29,30). The van der Waals surface area contributed by atoms with Crippen molar-refractivity contribution >= 4 is 23.5 Å². The molecule has 4 rings (SSSR count). The van der Waals surface area contributed by atoms with Crippen molar-refractivity contribution in [2.75, 3.05) is 36.0 Å². The van der Waals surface area contributed by atoms with Gasteiger partial charge in [-0.25, -0.2) is 9.78 Å². The molecule has 8 nitrogen and oxygen atoms in total. The monoisotopic (exact) mass is 416 g/mol. The van der Waals surface area contributed by atoms with Gasteiger partial charge in [0.15, 0.2) is 0 Å². The van der Waals surface area contributed by atoms with Crippen LogP contribution in [-0.4, -0.2) is 70.4 Å². The zero-order chi connectivity index (χ0) is 21.3. The number of nitrogens with zero attached hydrogens (tertiary/aromatic N) is 4. The number of carboxylic acid groups (broad SMARTS) is 1. The molecule has 2 amide bonds. The Morgan fingerprint density at radius 2 is 2.00 bits per heavy atom. The van der Waals surface area contributed by atoms with Crippen molar-refractivity contribution in [1.82, 2.24) is 9.88 Å². The number of carbonyl (C=O) groups is 2. The van der Waals surface area contributed by atoms with E-state index in [4.69, 9.17) is 0 Å². The van der Waals surface area contributed by atoms with Crippen molar-refractivity contribution in [2.24, 2.45) is 5.41 Å². The Morgan fingerprint density at radius 1 is 1.23 bits per heavy atom. The summed E-state index contributed by atoms with van der Waals surface area (Å²) in [6.07, 6.45) is 6.50. The van der Waals surface area contributed by atoms with Crippen LogP contribution in [0.2, 0.25) is 0 Å². The third-order valence-electron chi connectivity index (χ3n) is 7.14. The summed E-state index contributed by atoms with van der Waals surface area (Å²) in [7, 11) is 0. The lowest BCUT2D eigenvalue weighted by atomic mass is 9.78. The molecule has 1 spiro atoms. The summed E-state index contributed by atoms with van der Waals surface area (Å²) in [6, 6.07) is 3.92. The van der Waals surface area contributed by atoms with Gasteiger partial charge in [-0.1, -0.05) is 0 Å². The van der Waals surface area contributed by atoms with Crippen molar-refractivity contribution in [3.8, 4) is 0 Å². The summed E-state index contributed by atoms with van der Waals surface area (Å²) in [4.78, 5) is 34.8. The van der Waals surface area contributed by atoms with Crippen LogP contribution in [0, 0.1) is 5.41 Å². The van der Waals surface area contributed by atoms with Crippen LogP contribution < -0.4 is 9.80 Å². The first-order valence-electron chi connectivity index (χ1n) is 11.1. The van der Waals surface area contributed by atoms with Crippen LogP contribution in [0.25, 0.3) is 0 Å². The highest BCUT2D eigenvalue weighted by Crippen LogP contribution is 2.43. The minimum Gasteiger partial charge on any atom is -0.465 e. The maximum atomic E-state index is 13.4. The Bertz CT molecular complexity index is 778. The van der Waals surface area contributed by atoms with E-state index in [-0.39, 0.29) is 23.5 Å². The quantitative estimate of drug-likeness (QED) is 0.783. The lowest BCUT2D eigenvalue weighted by molar-refractivity contribution is -0.139. The molecule has 0 aromatic carbocycles. The molecule has 30 heavy (non-hydrogen) atoms. The molecule has 0 radical (unpaired) electrons. The number of anilines is 2. The molecule has 2 aliphatic heterocycles. The molecule has 1 unspecified atom stereocenters. The summed E-state index contributed by atoms with van der Waals surface area (Å²) < 4.78 is 0. The van der Waals surface area contributed by atoms with Gasteiger partial charge in [0.05, 0.1) is 23.4 Å². The zero-order valence-electron chi connectivity index (χ0n) is 17.7. The fraction of sp³-hybridized carbons (Fsp3) is 0.682. The predicted molar refractivity (Wildman–Crippen MR) is 114 cm³/mol. The first-order valence-corrected chi connectivity index (χ1v) is 11.1. The number of aliphatic hydroxyl groups is 1. The maximum absolute atomic E-state index is 13.4. The molecule has 1 aliphatic carbocycles. The van der Waals surface area contributed by atoms with Crippen molar-refractivity contribution in [2.45, 2.75) is 64.0 Å². The highest BCUT2D eigenvalue weighted by molar-refractivity contribution is 5.87. The lowest BCUT2D eigenvalue weighted by Crippen LogP contribution is -2.50. The number of aromatic nitrogens is 1. The van der Waals surface area contributed by atoms with Gasteiger partial charge in [-0.15, -0.1) is 0 Å². The van der Waals surface area contributed by atoms with Crippen LogP contribution in [0.4, 0.5) is 16.3 Å². The van der Waals surface area contributed by atoms with Gasteiger partial charge in [-0.3, -0.25) is 9.69 Å². The molecule has 0 bridgehead atoms. The first-order chi connectivity index (χ1) is 14.4. The lowest BCUT2D eigenvalue weighted by Gasteiger charge is -2.41. The van der Waals surface area contributed by atoms with Crippen LogP contribution >= 0.6 is 0 Å². The van der Waals surface area contributed by atoms with Crippen molar-refractivity contribution in [3.05, 3.63) is 18.3 Å². The summed E-state index contributed by atoms with van der Waals surface area (Å²) >= 11 is 0. The van der Waals surface area contributed by atoms with Crippen molar-refractivity contribution in [3.63, 3.8) is 0 Å². The summed E-state index contributed by atoms with van der Waals surface area (Å²) in [5.41, 5.74) is 0.216. The predicted octanol–water partition coefficient (Wildman–Crippen LogP) is 2.71. The van der Waals surface area contributed by atoms with E-state index in [1.54, 1.807) is 19.2 Å². The topological polar surface area (TPSA) is 97.2 Å². The summed E-state index contributed by atoms with van der Waals surface area (Å²) in [6.45, 7) is 4.49. The molecule has 1 aromatic heterocycles. The highest BCUT2D eigenvalue weighted by atomic mass is 16.4. The van der Waals surface area contributed by atoms with Crippen LogP contribution in [0.15, 0.2) is 18.3 Å². The number of hydrogen-bond donors (Lipinski definition) is 2. The van der Waals surface area contributed by atoms with E-state index in [0.29, 0.717) is 18.8 Å². The van der Waals surface area contributed by atoms with Gasteiger partial charge in [0.1, 0.15) is 5.82 Å². The number of amides is 2. The molecule has 1 aromatic rings. The molecule has 3 aliphatic rings. The van der Waals surface area contributed by atoms with Gasteiger partial charge in [0, 0.05) is 32.2 Å². The fourth-order valence-electron chi connectivity index (χ4n) is 5.43. The number of pyridine rings is 1. The number of carbonyl (C=O) groups excluding carboxylic acids is 1. The van der Waals surface area contributed by atoms with Crippen molar-refractivity contribution < 1.29 is 19.8 Å². The van der Waals surface area contributed by atoms with Gasteiger partial charge in [0.2, 0.25) is 5.91 Å². The third kappa shape index (κ3) is 3.85. The van der Waals surface area contributed by atoms with E-state index in [2.05, 4.69) is 14.8 Å². The maximum Gasteiger partial charge on any atom is 0.411 e. The molecule has 1 saturated carbocycles. The average Bonchev–Trinajstić information content (AvgIpc) is 3.05. The molecule has 2 N–H and O–H groups in total. The molecular formula is C22H32N4O4. The van der Waals surface area contributed by atoms with Gasteiger partial charge in [0.25, 0.3) is 0 Å². The zero-order valence-corrected chi connectivity index (χ0v) is 17.7. The normalized spacial score (nSPS) is 29.5. The summed E-state index contributed by atoms with van der Waals surface area (Å²) in [5, 5.41) is 19.1. The SMILES string of the molecule is CCN(C(=O)O)c1ccc(N2CCCC3(CCN(C4CCC(O)CC4)C3=O)C2)nc1. The molecule has 1 atom stereocenters. The number of piperidine rings is 1. The Kier molecular flexibility index (Phi) is 5.86. The van der Waals surface area contributed by atoms with Gasteiger partial charge in [-0.2, -0.15) is 0 Å². The molecule has 164 valence electrons. The Hall–Kier alpha value is -2.35. The van der Waals surface area contributed by atoms with Gasteiger partial charge in [-0.05, 0) is 64.0 Å². The Labute approximate surface area is 177 Å². The smallest absolute Gasteiger partial charge is 0.411 e. The van der Waals surface area contributed by atoms with Gasteiger partial charge < -0.3 is 20.0 Å². The number of hydrogen-bond acceptors (Lipinski definition) is 5. The first kappa shape index (κ1) is 20.9.